The van der Waals surface area contributed by atoms with Gasteiger partial charge in [-0.2, -0.15) is 5.10 Å². The van der Waals surface area contributed by atoms with Crippen molar-refractivity contribution >= 4 is 29.1 Å². The zero-order valence-electron chi connectivity index (χ0n) is 20.6. The molecule has 1 aliphatic carbocycles. The van der Waals surface area contributed by atoms with Gasteiger partial charge in [-0.15, -0.1) is 0 Å². The summed E-state index contributed by atoms with van der Waals surface area (Å²) >= 11 is 0. The predicted molar refractivity (Wildman–Crippen MR) is 140 cm³/mol. The number of hydrogen-bond donors (Lipinski definition) is 0. The van der Waals surface area contributed by atoms with Crippen LogP contribution in [0.4, 0.5) is 15.8 Å². The topological polar surface area (TPSA) is 128 Å². The number of para-hydroxylation sites is 1. The summed E-state index contributed by atoms with van der Waals surface area (Å²) in [7, 11) is 0. The van der Waals surface area contributed by atoms with Crippen molar-refractivity contribution in [2.45, 2.75) is 25.3 Å². The second-order valence-electron chi connectivity index (χ2n) is 9.25. The zero-order valence-corrected chi connectivity index (χ0v) is 20.6. The third kappa shape index (κ3) is 5.37. The Balaban J connectivity index is 1.47. The first-order chi connectivity index (χ1) is 18.8. The van der Waals surface area contributed by atoms with E-state index in [2.05, 4.69) is 0 Å². The lowest BCUT2D eigenvalue weighted by atomic mass is 9.77. The summed E-state index contributed by atoms with van der Waals surface area (Å²) in [4.78, 5) is 34.6. The summed E-state index contributed by atoms with van der Waals surface area (Å²) in [5.74, 6) is -1.31. The van der Waals surface area contributed by atoms with Gasteiger partial charge in [-0.05, 0) is 66.3 Å². The van der Waals surface area contributed by atoms with Gasteiger partial charge < -0.3 is 4.74 Å². The van der Waals surface area contributed by atoms with E-state index in [1.54, 1.807) is 30.3 Å². The fraction of sp³-hybridized carbons (Fsp3) is 0.214. The van der Waals surface area contributed by atoms with Crippen LogP contribution in [-0.4, -0.2) is 33.1 Å². The zero-order chi connectivity index (χ0) is 27.5. The largest absolute Gasteiger partial charge is 0.481 e. The molecule has 1 fully saturated rings. The maximum atomic E-state index is 14.1. The van der Waals surface area contributed by atoms with Crippen molar-refractivity contribution in [3.05, 3.63) is 116 Å². The number of fused-ring (bicyclic) bond motifs is 1. The van der Waals surface area contributed by atoms with Crippen LogP contribution in [0.2, 0.25) is 0 Å². The molecule has 39 heavy (non-hydrogen) atoms. The van der Waals surface area contributed by atoms with Crippen LogP contribution in [0.3, 0.4) is 0 Å². The van der Waals surface area contributed by atoms with Crippen LogP contribution in [0.5, 0.6) is 5.75 Å². The van der Waals surface area contributed by atoms with Gasteiger partial charge in [0.05, 0.1) is 21.6 Å². The number of carbonyl (C=O) groups is 1. The Morgan fingerprint density at radius 2 is 1.64 bits per heavy atom. The number of non-ortho nitro benzene ring substituents is 2. The number of allylic oxidation sites excluding steroid dienone is 1. The van der Waals surface area contributed by atoms with Gasteiger partial charge in [0.15, 0.2) is 18.2 Å². The Hall–Kier alpha value is -4.93. The number of amides is 1. The minimum absolute atomic E-state index is 0.0123. The van der Waals surface area contributed by atoms with E-state index in [1.165, 1.54) is 47.5 Å². The average Bonchev–Trinajstić information content (AvgIpc) is 3.33. The van der Waals surface area contributed by atoms with Crippen molar-refractivity contribution in [1.29, 1.82) is 0 Å². The molecule has 0 aromatic heterocycles. The highest BCUT2D eigenvalue weighted by Gasteiger charge is 2.44. The third-order valence-electron chi connectivity index (χ3n) is 6.84. The van der Waals surface area contributed by atoms with Crippen LogP contribution in [0.15, 0.2) is 83.5 Å². The lowest BCUT2D eigenvalue weighted by Gasteiger charge is -2.29. The van der Waals surface area contributed by atoms with Crippen LogP contribution < -0.4 is 4.74 Å². The maximum absolute atomic E-state index is 14.1. The summed E-state index contributed by atoms with van der Waals surface area (Å²) in [6.45, 7) is -0.449. The van der Waals surface area contributed by atoms with Crippen LogP contribution in [-0.2, 0) is 4.79 Å². The van der Waals surface area contributed by atoms with Gasteiger partial charge in [-0.1, -0.05) is 24.3 Å². The number of nitro groups is 2. The van der Waals surface area contributed by atoms with E-state index in [0.29, 0.717) is 17.7 Å². The minimum Gasteiger partial charge on any atom is -0.481 e. The Labute approximate surface area is 222 Å². The first-order valence-corrected chi connectivity index (χ1v) is 12.3. The van der Waals surface area contributed by atoms with Gasteiger partial charge in [0.1, 0.15) is 0 Å². The molecule has 0 radical (unpaired) electrons. The molecule has 2 unspecified atom stereocenters. The molecule has 0 bridgehead atoms. The molecule has 0 saturated heterocycles. The highest BCUT2D eigenvalue weighted by molar-refractivity contribution is 6.08. The second-order valence-corrected chi connectivity index (χ2v) is 9.25. The van der Waals surface area contributed by atoms with Gasteiger partial charge in [-0.3, -0.25) is 25.0 Å². The monoisotopic (exact) mass is 530 g/mol. The highest BCUT2D eigenvalue weighted by atomic mass is 19.1. The Morgan fingerprint density at radius 1 is 1.00 bits per heavy atom. The van der Waals surface area contributed by atoms with E-state index in [1.807, 2.05) is 6.08 Å². The van der Waals surface area contributed by atoms with Crippen molar-refractivity contribution in [2.24, 2.45) is 11.0 Å². The number of halogens is 1. The molecular weight excluding hydrogens is 507 g/mol. The van der Waals surface area contributed by atoms with E-state index in [9.17, 15) is 29.4 Å². The fourth-order valence-electron chi connectivity index (χ4n) is 4.99. The van der Waals surface area contributed by atoms with Crippen molar-refractivity contribution < 1.29 is 23.8 Å². The number of hydrogen-bond acceptors (Lipinski definition) is 7. The summed E-state index contributed by atoms with van der Waals surface area (Å²) in [6, 6.07) is 17.4. The third-order valence-corrected chi connectivity index (χ3v) is 6.84. The quantitative estimate of drug-likeness (QED) is 0.279. The van der Waals surface area contributed by atoms with Crippen molar-refractivity contribution in [3.63, 3.8) is 0 Å². The van der Waals surface area contributed by atoms with Gasteiger partial charge in [-0.25, -0.2) is 9.40 Å². The average molecular weight is 531 g/mol. The van der Waals surface area contributed by atoms with Gasteiger partial charge >= 0.3 is 0 Å². The van der Waals surface area contributed by atoms with Gasteiger partial charge in [0.2, 0.25) is 0 Å². The van der Waals surface area contributed by atoms with E-state index in [0.717, 1.165) is 24.0 Å². The van der Waals surface area contributed by atoms with E-state index < -0.39 is 34.2 Å². The Morgan fingerprint density at radius 3 is 2.28 bits per heavy atom. The molecule has 3 aromatic carbocycles. The number of nitro benzene ring substituents is 2. The second kappa shape index (κ2) is 10.8. The maximum Gasteiger partial charge on any atom is 0.281 e. The number of rotatable bonds is 7. The SMILES string of the molecule is O=C(COc1ccccc1F)N1N=C2/C(=C\c3ccc([N+](=O)[O-])cc3)CCCC2C1c1ccc([N+](=O)[O-])cc1. The molecule has 10 nitrogen and oxygen atoms in total. The first kappa shape index (κ1) is 25.7. The molecule has 1 saturated carbocycles. The van der Waals surface area contributed by atoms with Gasteiger partial charge in [0.25, 0.3) is 17.3 Å². The molecule has 2 aliphatic rings. The number of hydrazone groups is 1. The molecule has 2 atom stereocenters. The molecule has 198 valence electrons. The number of ether oxygens (including phenoxy) is 1. The summed E-state index contributed by atoms with van der Waals surface area (Å²) < 4.78 is 19.5. The van der Waals surface area contributed by atoms with E-state index in [4.69, 9.17) is 9.84 Å². The van der Waals surface area contributed by atoms with Crippen molar-refractivity contribution in [2.75, 3.05) is 6.61 Å². The summed E-state index contributed by atoms with van der Waals surface area (Å²) in [5.41, 5.74) is 2.97. The van der Waals surface area contributed by atoms with Gasteiger partial charge in [0, 0.05) is 30.2 Å². The molecule has 5 rings (SSSR count). The molecular formula is C28H23FN4O6. The van der Waals surface area contributed by atoms with Crippen molar-refractivity contribution in [3.8, 4) is 5.75 Å². The molecule has 1 aliphatic heterocycles. The number of nitrogens with zero attached hydrogens (tertiary/aromatic N) is 4. The standard InChI is InChI=1S/C28H23FN4O6/c29-24-6-1-2-7-25(24)39-17-26(34)31-28(19-10-14-22(15-11-19)33(37)38)23-5-3-4-20(27(23)30-31)16-18-8-12-21(13-9-18)32(35)36/h1-2,6-16,23,28H,3-5,17H2/b20-16-. The molecule has 1 amide bonds. The normalized spacial score (nSPS) is 19.4. The fourth-order valence-corrected chi connectivity index (χ4v) is 4.99. The molecule has 11 heteroatoms. The number of carbonyl (C=O) groups excluding carboxylic acids is 1. The van der Waals surface area contributed by atoms with E-state index >= 15 is 0 Å². The summed E-state index contributed by atoms with van der Waals surface area (Å²) in [5, 5.41) is 28.2. The van der Waals surface area contributed by atoms with Crippen LogP contribution in [0, 0.1) is 32.0 Å². The van der Waals surface area contributed by atoms with Crippen molar-refractivity contribution in [1.82, 2.24) is 5.01 Å². The lowest BCUT2D eigenvalue weighted by Crippen LogP contribution is -2.34. The van der Waals surface area contributed by atoms with Crippen LogP contribution in [0.1, 0.15) is 36.4 Å². The molecule has 0 N–H and O–H groups in total. The molecule has 1 heterocycles. The smallest absolute Gasteiger partial charge is 0.281 e. The number of benzene rings is 3. The minimum atomic E-state index is -0.591. The lowest BCUT2D eigenvalue weighted by molar-refractivity contribution is -0.385. The molecule has 3 aromatic rings. The Bertz CT molecular complexity index is 1490. The predicted octanol–water partition coefficient (Wildman–Crippen LogP) is 5.84. The van der Waals surface area contributed by atoms with Crippen LogP contribution in [0.25, 0.3) is 6.08 Å². The van der Waals surface area contributed by atoms with Crippen LogP contribution >= 0.6 is 0 Å². The Kier molecular flexibility index (Phi) is 7.13. The molecule has 0 spiro atoms. The highest BCUT2D eigenvalue weighted by Crippen LogP contribution is 2.44. The first-order valence-electron chi connectivity index (χ1n) is 12.3. The van der Waals surface area contributed by atoms with E-state index in [-0.39, 0.29) is 23.0 Å². The summed E-state index contributed by atoms with van der Waals surface area (Å²) in [6.07, 6.45) is 4.16.